The summed E-state index contributed by atoms with van der Waals surface area (Å²) in [5.41, 5.74) is 3.60. The zero-order valence-electron chi connectivity index (χ0n) is 19.5. The summed E-state index contributed by atoms with van der Waals surface area (Å²) in [4.78, 5) is 17.4. The van der Waals surface area contributed by atoms with Crippen molar-refractivity contribution in [3.05, 3.63) is 89.6 Å². The summed E-state index contributed by atoms with van der Waals surface area (Å²) in [7, 11) is 0. The van der Waals surface area contributed by atoms with Crippen molar-refractivity contribution < 1.29 is 13.6 Å². The van der Waals surface area contributed by atoms with Crippen molar-refractivity contribution in [1.82, 2.24) is 20.0 Å². The molecule has 1 aliphatic rings. The molecule has 3 aromatic carbocycles. The third-order valence-corrected chi connectivity index (χ3v) is 6.66. The van der Waals surface area contributed by atoms with Crippen LogP contribution in [0.25, 0.3) is 22.0 Å². The SMILES string of the molecule is O=C(c1ccc(F)cc1)N(CCCN1CCCC1)Cc1cc(-c2ccc3[nH]ncc3c2)ccc1F. The van der Waals surface area contributed by atoms with E-state index in [1.807, 2.05) is 24.3 Å². The smallest absolute Gasteiger partial charge is 0.254 e. The molecule has 1 aromatic heterocycles. The standard InChI is InChI=1S/C28H28F2N4O/c29-25-8-4-20(5-9-25)28(35)34(15-3-14-33-12-1-2-13-33)19-24-17-21(6-10-26(24)30)22-7-11-27-23(16-22)18-31-32-27/h4-11,16-18H,1-3,12-15,19H2,(H,31,32). The van der Waals surface area contributed by atoms with E-state index in [1.165, 1.54) is 43.2 Å². The number of amides is 1. The molecular formula is C28H28F2N4O. The third kappa shape index (κ3) is 5.41. The molecule has 1 amide bonds. The van der Waals surface area contributed by atoms with Gasteiger partial charge in [0.2, 0.25) is 0 Å². The Bertz CT molecular complexity index is 1310. The number of aromatic amines is 1. The molecule has 180 valence electrons. The summed E-state index contributed by atoms with van der Waals surface area (Å²) >= 11 is 0. The van der Waals surface area contributed by atoms with Gasteiger partial charge < -0.3 is 9.80 Å². The van der Waals surface area contributed by atoms with Gasteiger partial charge in [0.15, 0.2) is 0 Å². The van der Waals surface area contributed by atoms with E-state index in [1.54, 1.807) is 17.2 Å². The third-order valence-electron chi connectivity index (χ3n) is 6.66. The molecule has 1 N–H and O–H groups in total. The fourth-order valence-electron chi connectivity index (χ4n) is 4.72. The first-order valence-corrected chi connectivity index (χ1v) is 12.1. The van der Waals surface area contributed by atoms with E-state index in [0.29, 0.717) is 17.7 Å². The van der Waals surface area contributed by atoms with Crippen LogP contribution in [0.2, 0.25) is 0 Å². The fourth-order valence-corrected chi connectivity index (χ4v) is 4.72. The average molecular weight is 475 g/mol. The molecule has 1 saturated heterocycles. The van der Waals surface area contributed by atoms with Crippen molar-refractivity contribution in [3.63, 3.8) is 0 Å². The number of fused-ring (bicyclic) bond motifs is 1. The van der Waals surface area contributed by atoms with E-state index in [9.17, 15) is 13.6 Å². The highest BCUT2D eigenvalue weighted by atomic mass is 19.1. The van der Waals surface area contributed by atoms with Crippen LogP contribution in [0.4, 0.5) is 8.78 Å². The van der Waals surface area contributed by atoms with Gasteiger partial charge in [-0.1, -0.05) is 12.1 Å². The maximum absolute atomic E-state index is 14.9. The van der Waals surface area contributed by atoms with Crippen molar-refractivity contribution in [3.8, 4) is 11.1 Å². The number of carbonyl (C=O) groups is 1. The van der Waals surface area contributed by atoms with Crippen LogP contribution in [-0.4, -0.2) is 52.1 Å². The quantitative estimate of drug-likeness (QED) is 0.360. The van der Waals surface area contributed by atoms with Crippen molar-refractivity contribution in [2.24, 2.45) is 0 Å². The molecule has 0 spiro atoms. The molecule has 5 nitrogen and oxygen atoms in total. The Balaban J connectivity index is 1.39. The number of benzene rings is 3. The summed E-state index contributed by atoms with van der Waals surface area (Å²) in [5.74, 6) is -0.971. The summed E-state index contributed by atoms with van der Waals surface area (Å²) in [6, 6.07) is 16.5. The largest absolute Gasteiger partial charge is 0.334 e. The van der Waals surface area contributed by atoms with Crippen LogP contribution < -0.4 is 0 Å². The Morgan fingerprint density at radius 2 is 1.71 bits per heavy atom. The molecule has 4 aromatic rings. The second-order valence-corrected chi connectivity index (χ2v) is 9.11. The zero-order valence-corrected chi connectivity index (χ0v) is 19.5. The van der Waals surface area contributed by atoms with Crippen molar-refractivity contribution in [2.75, 3.05) is 26.2 Å². The Kier molecular flexibility index (Phi) is 6.86. The lowest BCUT2D eigenvalue weighted by Crippen LogP contribution is -2.34. The topological polar surface area (TPSA) is 52.2 Å². The molecule has 1 fully saturated rings. The number of hydrogen-bond acceptors (Lipinski definition) is 3. The first kappa shape index (κ1) is 23.2. The monoisotopic (exact) mass is 474 g/mol. The van der Waals surface area contributed by atoms with Crippen LogP contribution in [0.5, 0.6) is 0 Å². The Morgan fingerprint density at radius 3 is 2.51 bits per heavy atom. The van der Waals surface area contributed by atoms with Crippen LogP contribution in [0.15, 0.2) is 66.9 Å². The average Bonchev–Trinajstić information content (AvgIpc) is 3.56. The van der Waals surface area contributed by atoms with Gasteiger partial charge in [-0.15, -0.1) is 0 Å². The maximum atomic E-state index is 14.9. The van der Waals surface area contributed by atoms with E-state index in [-0.39, 0.29) is 18.3 Å². The lowest BCUT2D eigenvalue weighted by Gasteiger charge is -2.25. The summed E-state index contributed by atoms with van der Waals surface area (Å²) in [6.45, 7) is 3.72. The van der Waals surface area contributed by atoms with Crippen LogP contribution in [-0.2, 0) is 6.54 Å². The minimum Gasteiger partial charge on any atom is -0.334 e. The van der Waals surface area contributed by atoms with E-state index in [4.69, 9.17) is 0 Å². The Labute approximate surface area is 203 Å². The molecule has 0 unspecified atom stereocenters. The predicted molar refractivity (Wildman–Crippen MR) is 133 cm³/mol. The summed E-state index contributed by atoms with van der Waals surface area (Å²) in [6.07, 6.45) is 4.97. The second kappa shape index (κ2) is 10.4. The van der Waals surface area contributed by atoms with Crippen LogP contribution in [0.3, 0.4) is 0 Å². The highest BCUT2D eigenvalue weighted by Crippen LogP contribution is 2.26. The lowest BCUT2D eigenvalue weighted by atomic mass is 10.0. The van der Waals surface area contributed by atoms with E-state index in [2.05, 4.69) is 15.1 Å². The van der Waals surface area contributed by atoms with Crippen LogP contribution >= 0.6 is 0 Å². The van der Waals surface area contributed by atoms with Gasteiger partial charge in [0.1, 0.15) is 11.6 Å². The number of hydrogen-bond donors (Lipinski definition) is 1. The molecule has 0 radical (unpaired) electrons. The number of rotatable bonds is 8. The number of halogens is 2. The first-order valence-electron chi connectivity index (χ1n) is 12.1. The van der Waals surface area contributed by atoms with Gasteiger partial charge in [-0.25, -0.2) is 8.78 Å². The van der Waals surface area contributed by atoms with Crippen molar-refractivity contribution in [1.29, 1.82) is 0 Å². The number of likely N-dealkylation sites (tertiary alicyclic amines) is 1. The minimum absolute atomic E-state index is 0.143. The molecule has 5 rings (SSSR count). The summed E-state index contributed by atoms with van der Waals surface area (Å²) < 4.78 is 28.3. The van der Waals surface area contributed by atoms with Crippen LogP contribution in [0, 0.1) is 11.6 Å². The highest BCUT2D eigenvalue weighted by Gasteiger charge is 2.20. The van der Waals surface area contributed by atoms with Gasteiger partial charge in [-0.05, 0) is 98.6 Å². The van der Waals surface area contributed by atoms with E-state index >= 15 is 0 Å². The normalized spacial score (nSPS) is 14.0. The van der Waals surface area contributed by atoms with Crippen molar-refractivity contribution in [2.45, 2.75) is 25.8 Å². The predicted octanol–water partition coefficient (Wildman–Crippen LogP) is 5.64. The molecule has 0 bridgehead atoms. The molecule has 7 heteroatoms. The maximum Gasteiger partial charge on any atom is 0.254 e. The first-order chi connectivity index (χ1) is 17.1. The second-order valence-electron chi connectivity index (χ2n) is 9.11. The van der Waals surface area contributed by atoms with Gasteiger partial charge >= 0.3 is 0 Å². The lowest BCUT2D eigenvalue weighted by molar-refractivity contribution is 0.0734. The zero-order chi connectivity index (χ0) is 24.2. The molecule has 0 saturated carbocycles. The van der Waals surface area contributed by atoms with Crippen molar-refractivity contribution >= 4 is 16.8 Å². The van der Waals surface area contributed by atoms with Gasteiger partial charge in [-0.2, -0.15) is 5.10 Å². The molecule has 0 aliphatic carbocycles. The van der Waals surface area contributed by atoms with Gasteiger partial charge in [0.25, 0.3) is 5.91 Å². The molecule has 2 heterocycles. The van der Waals surface area contributed by atoms with Gasteiger partial charge in [0, 0.05) is 29.6 Å². The number of aromatic nitrogens is 2. The molecular weight excluding hydrogens is 446 g/mol. The van der Waals surface area contributed by atoms with Crippen LogP contribution in [0.1, 0.15) is 35.2 Å². The number of nitrogens with zero attached hydrogens (tertiary/aromatic N) is 3. The minimum atomic E-state index is -0.393. The summed E-state index contributed by atoms with van der Waals surface area (Å²) in [5, 5.41) is 7.97. The van der Waals surface area contributed by atoms with E-state index < -0.39 is 5.82 Å². The molecule has 1 aliphatic heterocycles. The molecule has 35 heavy (non-hydrogen) atoms. The fraction of sp³-hybridized carbons (Fsp3) is 0.286. The highest BCUT2D eigenvalue weighted by molar-refractivity contribution is 5.94. The van der Waals surface area contributed by atoms with Gasteiger partial charge in [-0.3, -0.25) is 9.89 Å². The number of H-pyrrole nitrogens is 1. The number of carbonyl (C=O) groups excluding carboxylic acids is 1. The Morgan fingerprint density at radius 1 is 0.971 bits per heavy atom. The number of nitrogens with one attached hydrogen (secondary N) is 1. The Hall–Kier alpha value is -3.58. The molecule has 0 atom stereocenters. The van der Waals surface area contributed by atoms with Gasteiger partial charge in [0.05, 0.1) is 11.7 Å². The van der Waals surface area contributed by atoms with E-state index in [0.717, 1.165) is 48.1 Å².